The summed E-state index contributed by atoms with van der Waals surface area (Å²) in [6, 6.07) is 8.06. The average Bonchev–Trinajstić information content (AvgIpc) is 2.42. The van der Waals surface area contributed by atoms with Gasteiger partial charge >= 0.3 is 0 Å². The number of halogens is 1. The molecule has 0 amide bonds. The average molecular weight is 273 g/mol. The quantitative estimate of drug-likeness (QED) is 0.427. The Kier molecular flexibility index (Phi) is 7.81. The lowest BCUT2D eigenvalue weighted by Gasteiger charge is -2.08. The van der Waals surface area contributed by atoms with Gasteiger partial charge in [-0.1, -0.05) is 12.1 Å². The van der Waals surface area contributed by atoms with Crippen LogP contribution in [0.5, 0.6) is 5.75 Å². The smallest absolute Gasteiger partial charge is 0.154 e. The molecule has 1 N–H and O–H groups in total. The lowest BCUT2D eigenvalue weighted by atomic mass is 10.1. The van der Waals surface area contributed by atoms with Crippen LogP contribution in [0.2, 0.25) is 0 Å². The molecule has 0 heterocycles. The molecular weight excluding hydrogens is 252 g/mol. The van der Waals surface area contributed by atoms with E-state index < -0.39 is 6.29 Å². The molecule has 0 aromatic heterocycles. The van der Waals surface area contributed by atoms with Crippen LogP contribution < -0.4 is 4.74 Å². The van der Waals surface area contributed by atoms with Crippen LogP contribution in [0.3, 0.4) is 0 Å². The Morgan fingerprint density at radius 2 is 1.94 bits per heavy atom. The van der Waals surface area contributed by atoms with Crippen molar-refractivity contribution >= 4 is 11.6 Å². The molecule has 0 radical (unpaired) electrons. The molecule has 4 heteroatoms. The summed E-state index contributed by atoms with van der Waals surface area (Å²) in [7, 11) is 1.52. The first-order valence-electron chi connectivity index (χ1n) is 6.25. The summed E-state index contributed by atoms with van der Waals surface area (Å²) in [6.07, 6.45) is 3.07. The number of unbranched alkanes of at least 4 members (excludes halogenated alkanes) is 1. The second-order valence-corrected chi connectivity index (χ2v) is 4.50. The van der Waals surface area contributed by atoms with Gasteiger partial charge in [-0.05, 0) is 43.4 Å². The molecule has 0 fully saturated rings. The second-order valence-electron chi connectivity index (χ2n) is 4.12. The summed E-state index contributed by atoms with van der Waals surface area (Å²) >= 11 is 5.55. The molecule has 0 aliphatic rings. The number of rotatable bonds is 9. The Labute approximate surface area is 114 Å². The molecule has 1 atom stereocenters. The number of benzene rings is 1. The van der Waals surface area contributed by atoms with E-state index in [0.29, 0.717) is 18.9 Å². The van der Waals surface area contributed by atoms with E-state index in [0.717, 1.165) is 25.0 Å². The zero-order valence-electron chi connectivity index (χ0n) is 10.8. The lowest BCUT2D eigenvalue weighted by Crippen LogP contribution is -2.08. The van der Waals surface area contributed by atoms with E-state index in [-0.39, 0.29) is 0 Å². The molecule has 1 aromatic rings. The van der Waals surface area contributed by atoms with Crippen molar-refractivity contribution in [2.75, 3.05) is 19.6 Å². The van der Waals surface area contributed by atoms with E-state index >= 15 is 0 Å². The fourth-order valence-corrected chi connectivity index (χ4v) is 1.75. The van der Waals surface area contributed by atoms with Crippen molar-refractivity contribution in [3.8, 4) is 5.75 Å². The number of aryl methyl sites for hydroxylation is 1. The van der Waals surface area contributed by atoms with Gasteiger partial charge in [-0.3, -0.25) is 0 Å². The fourth-order valence-electron chi connectivity index (χ4n) is 1.67. The van der Waals surface area contributed by atoms with Crippen LogP contribution in [0.15, 0.2) is 24.3 Å². The molecule has 1 unspecified atom stereocenters. The summed E-state index contributed by atoms with van der Waals surface area (Å²) in [6.45, 7) is 0.538. The standard InChI is InChI=1S/C14H21ClO3/c1-17-14(16)5-3-2-4-12-6-8-13(9-7-12)18-11-10-15/h6-9,14,16H,2-5,10-11H2,1H3. The number of aliphatic hydroxyl groups is 1. The topological polar surface area (TPSA) is 38.7 Å². The summed E-state index contributed by atoms with van der Waals surface area (Å²) in [5.41, 5.74) is 1.28. The number of hydrogen-bond donors (Lipinski definition) is 1. The normalized spacial score (nSPS) is 12.4. The minimum atomic E-state index is -0.628. The van der Waals surface area contributed by atoms with Crippen molar-refractivity contribution in [2.24, 2.45) is 0 Å². The van der Waals surface area contributed by atoms with Crippen molar-refractivity contribution in [1.29, 1.82) is 0 Å². The highest BCUT2D eigenvalue weighted by atomic mass is 35.5. The molecule has 102 valence electrons. The summed E-state index contributed by atoms with van der Waals surface area (Å²) in [4.78, 5) is 0. The predicted octanol–water partition coefficient (Wildman–Crippen LogP) is 2.98. The van der Waals surface area contributed by atoms with E-state index in [1.807, 2.05) is 12.1 Å². The van der Waals surface area contributed by atoms with Gasteiger partial charge in [-0.2, -0.15) is 0 Å². The summed E-state index contributed by atoms with van der Waals surface area (Å²) in [5.74, 6) is 1.36. The first-order chi connectivity index (χ1) is 8.76. The Morgan fingerprint density at radius 1 is 1.22 bits per heavy atom. The van der Waals surface area contributed by atoms with Gasteiger partial charge in [-0.15, -0.1) is 11.6 Å². The zero-order valence-corrected chi connectivity index (χ0v) is 11.5. The fraction of sp³-hybridized carbons (Fsp3) is 0.571. The van der Waals surface area contributed by atoms with E-state index in [4.69, 9.17) is 21.1 Å². The molecular formula is C14H21ClO3. The second kappa shape index (κ2) is 9.20. The van der Waals surface area contributed by atoms with Crippen LogP contribution in [0, 0.1) is 0 Å². The number of hydrogen-bond acceptors (Lipinski definition) is 3. The van der Waals surface area contributed by atoms with Gasteiger partial charge in [0.25, 0.3) is 0 Å². The molecule has 0 saturated heterocycles. The van der Waals surface area contributed by atoms with Crippen LogP contribution in [-0.2, 0) is 11.2 Å². The van der Waals surface area contributed by atoms with E-state index in [1.165, 1.54) is 12.7 Å². The highest BCUT2D eigenvalue weighted by Crippen LogP contribution is 2.14. The first kappa shape index (κ1) is 15.3. The maximum absolute atomic E-state index is 9.22. The van der Waals surface area contributed by atoms with Gasteiger partial charge in [-0.25, -0.2) is 0 Å². The molecule has 0 spiro atoms. The van der Waals surface area contributed by atoms with Gasteiger partial charge in [0.05, 0.1) is 5.88 Å². The number of aliphatic hydroxyl groups excluding tert-OH is 1. The third-order valence-corrected chi connectivity index (χ3v) is 2.86. The molecule has 1 aromatic carbocycles. The van der Waals surface area contributed by atoms with Crippen LogP contribution in [-0.4, -0.2) is 31.0 Å². The van der Waals surface area contributed by atoms with Crippen LogP contribution >= 0.6 is 11.6 Å². The van der Waals surface area contributed by atoms with Gasteiger partial charge in [0.1, 0.15) is 12.4 Å². The third-order valence-electron chi connectivity index (χ3n) is 2.71. The first-order valence-corrected chi connectivity index (χ1v) is 6.78. The minimum Gasteiger partial charge on any atom is -0.492 e. The molecule has 18 heavy (non-hydrogen) atoms. The zero-order chi connectivity index (χ0) is 13.2. The molecule has 0 saturated carbocycles. The van der Waals surface area contributed by atoms with Gasteiger partial charge in [0.2, 0.25) is 0 Å². The monoisotopic (exact) mass is 272 g/mol. The third kappa shape index (κ3) is 6.24. The maximum Gasteiger partial charge on any atom is 0.154 e. The van der Waals surface area contributed by atoms with Crippen molar-refractivity contribution in [1.82, 2.24) is 0 Å². The Bertz CT molecular complexity index is 313. The lowest BCUT2D eigenvalue weighted by molar-refractivity contribution is -0.0792. The molecule has 3 nitrogen and oxygen atoms in total. The number of methoxy groups -OCH3 is 1. The summed E-state index contributed by atoms with van der Waals surface area (Å²) in [5, 5.41) is 9.22. The highest BCUT2D eigenvalue weighted by Gasteiger charge is 2.01. The van der Waals surface area contributed by atoms with Gasteiger partial charge in [0, 0.05) is 7.11 Å². The molecule has 0 bridgehead atoms. The van der Waals surface area contributed by atoms with Crippen LogP contribution in [0.4, 0.5) is 0 Å². The largest absolute Gasteiger partial charge is 0.492 e. The van der Waals surface area contributed by atoms with Crippen molar-refractivity contribution in [3.05, 3.63) is 29.8 Å². The van der Waals surface area contributed by atoms with Crippen LogP contribution in [0.1, 0.15) is 24.8 Å². The van der Waals surface area contributed by atoms with Gasteiger partial charge < -0.3 is 14.6 Å². The molecule has 1 rings (SSSR count). The van der Waals surface area contributed by atoms with E-state index in [9.17, 15) is 5.11 Å². The summed E-state index contributed by atoms with van der Waals surface area (Å²) < 4.78 is 10.2. The van der Waals surface area contributed by atoms with Gasteiger partial charge in [0.15, 0.2) is 6.29 Å². The van der Waals surface area contributed by atoms with Crippen molar-refractivity contribution in [3.63, 3.8) is 0 Å². The predicted molar refractivity (Wildman–Crippen MR) is 73.2 cm³/mol. The molecule has 0 aliphatic carbocycles. The maximum atomic E-state index is 9.22. The minimum absolute atomic E-state index is 0.504. The van der Waals surface area contributed by atoms with E-state index in [1.54, 1.807) is 0 Å². The van der Waals surface area contributed by atoms with Crippen molar-refractivity contribution < 1.29 is 14.6 Å². The number of alkyl halides is 1. The highest BCUT2D eigenvalue weighted by molar-refractivity contribution is 6.17. The Balaban J connectivity index is 2.22. The molecule has 0 aliphatic heterocycles. The SMILES string of the molecule is COC(O)CCCCc1ccc(OCCCl)cc1. The van der Waals surface area contributed by atoms with Crippen molar-refractivity contribution in [2.45, 2.75) is 32.0 Å². The van der Waals surface area contributed by atoms with E-state index in [2.05, 4.69) is 12.1 Å². The Hall–Kier alpha value is -0.770. The van der Waals surface area contributed by atoms with Crippen LogP contribution in [0.25, 0.3) is 0 Å². The number of ether oxygens (including phenoxy) is 2. The Morgan fingerprint density at radius 3 is 2.56 bits per heavy atom.